The van der Waals surface area contributed by atoms with E-state index in [2.05, 4.69) is 10.3 Å². The van der Waals surface area contributed by atoms with E-state index in [-0.39, 0.29) is 17.9 Å². The van der Waals surface area contributed by atoms with Crippen molar-refractivity contribution in [2.45, 2.75) is 11.1 Å². The number of nitrogens with one attached hydrogen (secondary N) is 1. The van der Waals surface area contributed by atoms with Crippen LogP contribution in [-0.2, 0) is 20.4 Å². The molecule has 0 radical (unpaired) electrons. The second kappa shape index (κ2) is 6.45. The van der Waals surface area contributed by atoms with Crippen molar-refractivity contribution in [3.8, 4) is 0 Å². The average molecular weight is 308 g/mol. The van der Waals surface area contributed by atoms with Crippen molar-refractivity contribution in [1.29, 1.82) is 0 Å². The summed E-state index contributed by atoms with van der Waals surface area (Å²) in [5.41, 5.74) is 0.664. The number of halogens is 1. The summed E-state index contributed by atoms with van der Waals surface area (Å²) in [6, 6.07) is 10.9. The number of carbonyl (C=O) groups excluding carboxylic acids is 1. The Kier molecular flexibility index (Phi) is 4.64. The topological polar surface area (TPSA) is 76.1 Å². The Balaban J connectivity index is 2.32. The highest BCUT2D eigenvalue weighted by atomic mass is 32.2. The summed E-state index contributed by atoms with van der Waals surface area (Å²) in [7, 11) is -3.73. The SMILES string of the molecule is O=CNC(c1ccc(F)cn1)S(=O)(=O)Cc1ccccc1. The van der Waals surface area contributed by atoms with Crippen molar-refractivity contribution in [3.05, 3.63) is 65.7 Å². The van der Waals surface area contributed by atoms with Crippen LogP contribution in [0.5, 0.6) is 0 Å². The molecule has 110 valence electrons. The second-order valence-electron chi connectivity index (χ2n) is 4.36. The Hall–Kier alpha value is -2.28. The summed E-state index contributed by atoms with van der Waals surface area (Å²) in [4.78, 5) is 14.4. The molecule has 1 atom stereocenters. The van der Waals surface area contributed by atoms with E-state index in [0.29, 0.717) is 5.56 Å². The predicted octanol–water partition coefficient (Wildman–Crippen LogP) is 1.58. The molecule has 0 bridgehead atoms. The highest BCUT2D eigenvalue weighted by Crippen LogP contribution is 2.21. The molecule has 1 amide bonds. The predicted molar refractivity (Wildman–Crippen MR) is 75.2 cm³/mol. The maximum absolute atomic E-state index is 12.9. The highest BCUT2D eigenvalue weighted by molar-refractivity contribution is 7.90. The average Bonchev–Trinajstić information content (AvgIpc) is 2.46. The molecule has 0 aliphatic heterocycles. The van der Waals surface area contributed by atoms with Gasteiger partial charge in [-0.1, -0.05) is 30.3 Å². The number of benzene rings is 1. The lowest BCUT2D eigenvalue weighted by atomic mass is 10.2. The van der Waals surface area contributed by atoms with Crippen molar-refractivity contribution in [2.75, 3.05) is 0 Å². The molecular formula is C14H13FN2O3S. The number of rotatable bonds is 6. The van der Waals surface area contributed by atoms with Gasteiger partial charge in [0.2, 0.25) is 6.41 Å². The van der Waals surface area contributed by atoms with Crippen molar-refractivity contribution < 1.29 is 17.6 Å². The third-order valence-electron chi connectivity index (χ3n) is 2.81. The second-order valence-corrected chi connectivity index (χ2v) is 6.44. The molecule has 7 heteroatoms. The molecule has 1 N–H and O–H groups in total. The van der Waals surface area contributed by atoms with Crippen LogP contribution >= 0.6 is 0 Å². The first-order valence-corrected chi connectivity index (χ1v) is 7.81. The molecule has 5 nitrogen and oxygen atoms in total. The standard InChI is InChI=1S/C14H13FN2O3S/c15-12-6-7-13(16-8-12)14(17-10-18)21(19,20)9-11-4-2-1-3-5-11/h1-8,10,14H,9H2,(H,17,18). The van der Waals surface area contributed by atoms with Crippen LogP contribution in [0.15, 0.2) is 48.7 Å². The van der Waals surface area contributed by atoms with Gasteiger partial charge in [-0.15, -0.1) is 0 Å². The fourth-order valence-electron chi connectivity index (χ4n) is 1.87. The first-order valence-electron chi connectivity index (χ1n) is 6.09. The van der Waals surface area contributed by atoms with Gasteiger partial charge in [0.15, 0.2) is 15.2 Å². The first-order chi connectivity index (χ1) is 10.0. The van der Waals surface area contributed by atoms with Gasteiger partial charge in [0.25, 0.3) is 0 Å². The minimum absolute atomic E-state index is 0.0689. The third-order valence-corrected chi connectivity index (χ3v) is 4.64. The monoisotopic (exact) mass is 308 g/mol. The molecule has 21 heavy (non-hydrogen) atoms. The van der Waals surface area contributed by atoms with Gasteiger partial charge in [-0.25, -0.2) is 12.8 Å². The van der Waals surface area contributed by atoms with Crippen LogP contribution in [0.25, 0.3) is 0 Å². The van der Waals surface area contributed by atoms with Gasteiger partial charge in [-0.3, -0.25) is 9.78 Å². The number of carbonyl (C=O) groups is 1. The van der Waals surface area contributed by atoms with E-state index in [9.17, 15) is 17.6 Å². The minimum Gasteiger partial charge on any atom is -0.337 e. The third kappa shape index (κ3) is 3.85. The quantitative estimate of drug-likeness (QED) is 0.822. The number of pyridine rings is 1. The van der Waals surface area contributed by atoms with Crippen LogP contribution in [0, 0.1) is 5.82 Å². The zero-order valence-electron chi connectivity index (χ0n) is 10.9. The molecule has 1 unspecified atom stereocenters. The summed E-state index contributed by atoms with van der Waals surface area (Å²) in [5, 5.41) is 0.916. The molecule has 2 aromatic rings. The lowest BCUT2D eigenvalue weighted by Crippen LogP contribution is -2.29. The molecule has 0 fully saturated rings. The minimum atomic E-state index is -3.73. The number of hydrogen-bond donors (Lipinski definition) is 1. The van der Waals surface area contributed by atoms with Gasteiger partial charge < -0.3 is 5.32 Å². The van der Waals surface area contributed by atoms with E-state index in [4.69, 9.17) is 0 Å². The van der Waals surface area contributed by atoms with Crippen molar-refractivity contribution in [3.63, 3.8) is 0 Å². The molecule has 1 heterocycles. The molecular weight excluding hydrogens is 295 g/mol. The Morgan fingerprint density at radius 3 is 2.48 bits per heavy atom. The molecule has 0 spiro atoms. The number of sulfone groups is 1. The van der Waals surface area contributed by atoms with E-state index in [1.807, 2.05) is 0 Å². The van der Waals surface area contributed by atoms with Gasteiger partial charge in [0.05, 0.1) is 17.6 Å². The number of aromatic nitrogens is 1. The maximum Gasteiger partial charge on any atom is 0.208 e. The number of hydrogen-bond acceptors (Lipinski definition) is 4. The fraction of sp³-hybridized carbons (Fsp3) is 0.143. The Bertz CT molecular complexity index is 703. The summed E-state index contributed by atoms with van der Waals surface area (Å²) in [6.45, 7) is 0. The van der Waals surface area contributed by atoms with Gasteiger partial charge in [-0.05, 0) is 17.7 Å². The highest BCUT2D eigenvalue weighted by Gasteiger charge is 2.28. The van der Waals surface area contributed by atoms with Crippen LogP contribution < -0.4 is 5.32 Å². The maximum atomic E-state index is 12.9. The Morgan fingerprint density at radius 1 is 1.19 bits per heavy atom. The van der Waals surface area contributed by atoms with Gasteiger partial charge in [0, 0.05) is 0 Å². The molecule has 0 aliphatic rings. The van der Waals surface area contributed by atoms with Crippen LogP contribution in [-0.4, -0.2) is 19.8 Å². The normalized spacial score (nSPS) is 12.6. The summed E-state index contributed by atoms with van der Waals surface area (Å²) >= 11 is 0. The summed E-state index contributed by atoms with van der Waals surface area (Å²) in [6.07, 6.45) is 1.20. The van der Waals surface area contributed by atoms with Crippen LogP contribution in [0.4, 0.5) is 4.39 Å². The van der Waals surface area contributed by atoms with E-state index < -0.39 is 21.0 Å². The molecule has 0 aliphatic carbocycles. The largest absolute Gasteiger partial charge is 0.337 e. The zero-order chi connectivity index (χ0) is 15.3. The number of amides is 1. The smallest absolute Gasteiger partial charge is 0.208 e. The fourth-order valence-corrected chi connectivity index (χ4v) is 3.46. The first kappa shape index (κ1) is 15.1. The van der Waals surface area contributed by atoms with Crippen molar-refractivity contribution >= 4 is 16.2 Å². The molecule has 2 rings (SSSR count). The summed E-state index contributed by atoms with van der Waals surface area (Å²) < 4.78 is 37.7. The zero-order valence-corrected chi connectivity index (χ0v) is 11.8. The Morgan fingerprint density at radius 2 is 1.90 bits per heavy atom. The van der Waals surface area contributed by atoms with E-state index >= 15 is 0 Å². The summed E-state index contributed by atoms with van der Waals surface area (Å²) in [5.74, 6) is -0.831. The van der Waals surface area contributed by atoms with E-state index in [0.717, 1.165) is 12.3 Å². The van der Waals surface area contributed by atoms with Crippen LogP contribution in [0.1, 0.15) is 16.6 Å². The van der Waals surface area contributed by atoms with Crippen LogP contribution in [0.2, 0.25) is 0 Å². The molecule has 0 saturated heterocycles. The van der Waals surface area contributed by atoms with Crippen LogP contribution in [0.3, 0.4) is 0 Å². The number of nitrogens with zero attached hydrogens (tertiary/aromatic N) is 1. The lowest BCUT2D eigenvalue weighted by molar-refractivity contribution is -0.109. The van der Waals surface area contributed by atoms with Crippen molar-refractivity contribution in [2.24, 2.45) is 0 Å². The van der Waals surface area contributed by atoms with Gasteiger partial charge >= 0.3 is 0 Å². The van der Waals surface area contributed by atoms with Gasteiger partial charge in [0.1, 0.15) is 5.82 Å². The van der Waals surface area contributed by atoms with E-state index in [1.165, 1.54) is 6.07 Å². The van der Waals surface area contributed by atoms with E-state index in [1.54, 1.807) is 30.3 Å². The molecule has 1 aromatic carbocycles. The van der Waals surface area contributed by atoms with Gasteiger partial charge in [-0.2, -0.15) is 0 Å². The lowest BCUT2D eigenvalue weighted by Gasteiger charge is -2.16. The van der Waals surface area contributed by atoms with Crippen molar-refractivity contribution in [1.82, 2.24) is 10.3 Å². The Labute approximate surface area is 121 Å². The molecule has 1 aromatic heterocycles. The molecule has 0 saturated carbocycles.